The number of ether oxygens (including phenoxy) is 1. The van der Waals surface area contributed by atoms with Gasteiger partial charge in [0, 0.05) is 30.7 Å². The van der Waals surface area contributed by atoms with E-state index in [1.54, 1.807) is 6.20 Å². The second-order valence-electron chi connectivity index (χ2n) is 8.80. The molecule has 0 spiro atoms. The lowest BCUT2D eigenvalue weighted by molar-refractivity contribution is -0.145. The van der Waals surface area contributed by atoms with Gasteiger partial charge in [0.25, 0.3) is 5.91 Å². The van der Waals surface area contributed by atoms with Crippen molar-refractivity contribution in [2.75, 3.05) is 19.6 Å². The zero-order valence-corrected chi connectivity index (χ0v) is 17.8. The van der Waals surface area contributed by atoms with Gasteiger partial charge in [-0.2, -0.15) is 0 Å². The van der Waals surface area contributed by atoms with Gasteiger partial charge in [0.2, 0.25) is 0 Å². The van der Waals surface area contributed by atoms with Crippen LogP contribution in [-0.4, -0.2) is 58.3 Å². The number of carbonyl (C=O) groups excluding carboxylic acids is 1. The molecular weight excluding hydrogens is 378 g/mol. The molecule has 0 unspecified atom stereocenters. The predicted octanol–water partition coefficient (Wildman–Crippen LogP) is 3.28. The van der Waals surface area contributed by atoms with E-state index in [-0.39, 0.29) is 18.1 Å². The van der Waals surface area contributed by atoms with Crippen LogP contribution in [0.2, 0.25) is 0 Å². The number of nitrogens with zero attached hydrogens (tertiary/aromatic N) is 2. The summed E-state index contributed by atoms with van der Waals surface area (Å²) in [6.07, 6.45) is 7.66. The molecule has 1 amide bonds. The highest BCUT2D eigenvalue weighted by Crippen LogP contribution is 2.28. The molecule has 30 heavy (non-hydrogen) atoms. The number of nitrogens with one attached hydrogen (secondary N) is 1. The standard InChI is InChI=1S/C24H33N3O3/c1-2-14-27-15-11-24(29,12-16-27)23(28)26-19-5-7-20(8-6-19)30-21-9-10-22-18(17-21)4-3-13-25-22/h3-4,9-10,13,17,19-20,29H,2,5-8,11-12,14-16H2,1H3,(H,26,28). The quantitative estimate of drug-likeness (QED) is 0.763. The summed E-state index contributed by atoms with van der Waals surface area (Å²) in [5.41, 5.74) is -0.244. The summed E-state index contributed by atoms with van der Waals surface area (Å²) in [4.78, 5) is 19.4. The van der Waals surface area contributed by atoms with Gasteiger partial charge in [-0.25, -0.2) is 0 Å². The number of benzene rings is 1. The Morgan fingerprint density at radius 3 is 2.73 bits per heavy atom. The van der Waals surface area contributed by atoms with E-state index in [1.807, 2.05) is 30.3 Å². The van der Waals surface area contributed by atoms with Crippen molar-refractivity contribution in [1.82, 2.24) is 15.2 Å². The predicted molar refractivity (Wildman–Crippen MR) is 117 cm³/mol. The van der Waals surface area contributed by atoms with E-state index in [9.17, 15) is 9.90 Å². The Morgan fingerprint density at radius 2 is 2.00 bits per heavy atom. The SMILES string of the molecule is CCCN1CCC(O)(C(=O)NC2CCC(Oc3ccc4ncccc4c3)CC2)CC1. The molecule has 0 atom stereocenters. The van der Waals surface area contributed by atoms with Crippen LogP contribution < -0.4 is 10.1 Å². The van der Waals surface area contributed by atoms with Crippen LogP contribution in [0.3, 0.4) is 0 Å². The summed E-state index contributed by atoms with van der Waals surface area (Å²) in [5, 5.41) is 15.0. The average Bonchev–Trinajstić information content (AvgIpc) is 2.77. The molecule has 1 aromatic heterocycles. The zero-order chi connectivity index (χ0) is 21.0. The van der Waals surface area contributed by atoms with E-state index in [0.29, 0.717) is 12.8 Å². The van der Waals surface area contributed by atoms with E-state index >= 15 is 0 Å². The summed E-state index contributed by atoms with van der Waals surface area (Å²) < 4.78 is 6.19. The van der Waals surface area contributed by atoms with Crippen molar-refractivity contribution in [1.29, 1.82) is 0 Å². The Labute approximate surface area is 178 Å². The number of hydrogen-bond acceptors (Lipinski definition) is 5. The number of aromatic nitrogens is 1. The fourth-order valence-corrected chi connectivity index (χ4v) is 4.65. The van der Waals surface area contributed by atoms with Crippen molar-refractivity contribution in [2.45, 2.75) is 69.6 Å². The fraction of sp³-hybridized carbons (Fsp3) is 0.583. The molecule has 1 saturated heterocycles. The van der Waals surface area contributed by atoms with Crippen molar-refractivity contribution >= 4 is 16.8 Å². The number of piperidine rings is 1. The Hall–Kier alpha value is -2.18. The minimum Gasteiger partial charge on any atom is -0.490 e. The third-order valence-corrected chi connectivity index (χ3v) is 6.53. The Balaban J connectivity index is 1.24. The Morgan fingerprint density at radius 1 is 1.23 bits per heavy atom. The number of pyridine rings is 1. The number of hydrogen-bond donors (Lipinski definition) is 2. The molecule has 2 N–H and O–H groups in total. The zero-order valence-electron chi connectivity index (χ0n) is 17.8. The third-order valence-electron chi connectivity index (χ3n) is 6.53. The molecule has 1 aliphatic heterocycles. The molecule has 2 heterocycles. The number of fused-ring (bicyclic) bond motifs is 1. The van der Waals surface area contributed by atoms with Gasteiger partial charge in [-0.3, -0.25) is 9.78 Å². The summed E-state index contributed by atoms with van der Waals surface area (Å²) in [6.45, 7) is 4.78. The van der Waals surface area contributed by atoms with E-state index in [4.69, 9.17) is 4.74 Å². The number of amides is 1. The molecule has 4 rings (SSSR count). The highest BCUT2D eigenvalue weighted by Gasteiger charge is 2.40. The molecule has 0 bridgehead atoms. The van der Waals surface area contributed by atoms with Crippen molar-refractivity contribution in [2.24, 2.45) is 0 Å². The fourth-order valence-electron chi connectivity index (χ4n) is 4.65. The van der Waals surface area contributed by atoms with Crippen molar-refractivity contribution in [3.63, 3.8) is 0 Å². The first kappa shape index (κ1) is 21.1. The Bertz CT molecular complexity index is 856. The largest absolute Gasteiger partial charge is 0.490 e. The number of aliphatic hydroxyl groups is 1. The molecule has 1 saturated carbocycles. The lowest BCUT2D eigenvalue weighted by atomic mass is 9.88. The third kappa shape index (κ3) is 4.93. The molecule has 2 aromatic rings. The van der Waals surface area contributed by atoms with E-state index < -0.39 is 5.60 Å². The monoisotopic (exact) mass is 411 g/mol. The first-order chi connectivity index (χ1) is 14.6. The molecule has 0 radical (unpaired) electrons. The average molecular weight is 412 g/mol. The molecule has 6 nitrogen and oxygen atoms in total. The highest BCUT2D eigenvalue weighted by atomic mass is 16.5. The summed E-state index contributed by atoms with van der Waals surface area (Å²) in [5.74, 6) is 0.682. The maximum atomic E-state index is 12.7. The molecule has 1 aliphatic carbocycles. The van der Waals surface area contributed by atoms with Gasteiger partial charge >= 0.3 is 0 Å². The van der Waals surface area contributed by atoms with E-state index in [2.05, 4.69) is 22.1 Å². The lowest BCUT2D eigenvalue weighted by Crippen LogP contribution is -2.56. The van der Waals surface area contributed by atoms with Gasteiger partial charge in [-0.1, -0.05) is 13.0 Å². The van der Waals surface area contributed by atoms with Crippen LogP contribution in [0.1, 0.15) is 51.9 Å². The van der Waals surface area contributed by atoms with Crippen LogP contribution in [0, 0.1) is 0 Å². The first-order valence-corrected chi connectivity index (χ1v) is 11.3. The Kier molecular flexibility index (Phi) is 6.54. The number of rotatable bonds is 6. The summed E-state index contributed by atoms with van der Waals surface area (Å²) >= 11 is 0. The van der Waals surface area contributed by atoms with E-state index in [0.717, 1.165) is 68.4 Å². The van der Waals surface area contributed by atoms with Crippen molar-refractivity contribution in [3.8, 4) is 5.75 Å². The second-order valence-corrected chi connectivity index (χ2v) is 8.80. The number of carbonyl (C=O) groups is 1. The van der Waals surface area contributed by atoms with Crippen LogP contribution in [-0.2, 0) is 4.79 Å². The van der Waals surface area contributed by atoms with Gasteiger partial charge in [0.05, 0.1) is 11.6 Å². The van der Waals surface area contributed by atoms with Crippen LogP contribution in [0.4, 0.5) is 0 Å². The molecule has 6 heteroatoms. The van der Waals surface area contributed by atoms with E-state index in [1.165, 1.54) is 0 Å². The van der Waals surface area contributed by atoms with Gasteiger partial charge < -0.3 is 20.1 Å². The minimum atomic E-state index is -1.21. The maximum Gasteiger partial charge on any atom is 0.252 e. The lowest BCUT2D eigenvalue weighted by Gasteiger charge is -2.38. The van der Waals surface area contributed by atoms with Gasteiger partial charge in [-0.15, -0.1) is 0 Å². The van der Waals surface area contributed by atoms with Crippen molar-refractivity contribution in [3.05, 3.63) is 36.5 Å². The topological polar surface area (TPSA) is 74.7 Å². The van der Waals surface area contributed by atoms with Gasteiger partial charge in [0.15, 0.2) is 0 Å². The molecule has 1 aromatic carbocycles. The van der Waals surface area contributed by atoms with Crippen LogP contribution in [0.25, 0.3) is 10.9 Å². The highest BCUT2D eigenvalue weighted by molar-refractivity contribution is 5.85. The van der Waals surface area contributed by atoms with Crippen LogP contribution in [0.15, 0.2) is 36.5 Å². The second kappa shape index (κ2) is 9.31. The number of likely N-dealkylation sites (tertiary alicyclic amines) is 1. The molecule has 162 valence electrons. The maximum absolute atomic E-state index is 12.7. The van der Waals surface area contributed by atoms with Gasteiger partial charge in [-0.05, 0) is 75.8 Å². The van der Waals surface area contributed by atoms with Crippen LogP contribution >= 0.6 is 0 Å². The first-order valence-electron chi connectivity index (χ1n) is 11.3. The summed E-state index contributed by atoms with van der Waals surface area (Å²) in [7, 11) is 0. The molecular formula is C24H33N3O3. The normalized spacial score (nSPS) is 24.5. The molecule has 2 aliphatic rings. The molecule has 2 fully saturated rings. The van der Waals surface area contributed by atoms with Crippen molar-refractivity contribution < 1.29 is 14.6 Å². The van der Waals surface area contributed by atoms with Crippen LogP contribution in [0.5, 0.6) is 5.75 Å². The minimum absolute atomic E-state index is 0.121. The van der Waals surface area contributed by atoms with Gasteiger partial charge in [0.1, 0.15) is 11.4 Å². The summed E-state index contributed by atoms with van der Waals surface area (Å²) in [6, 6.07) is 10.1. The smallest absolute Gasteiger partial charge is 0.252 e.